The van der Waals surface area contributed by atoms with Gasteiger partial charge < -0.3 is 4.42 Å². The van der Waals surface area contributed by atoms with Gasteiger partial charge in [0.15, 0.2) is 0 Å². The van der Waals surface area contributed by atoms with Crippen molar-refractivity contribution in [3.63, 3.8) is 0 Å². The van der Waals surface area contributed by atoms with Crippen LogP contribution in [0.4, 0.5) is 0 Å². The van der Waals surface area contributed by atoms with Gasteiger partial charge in [-0.1, -0.05) is 54.3 Å². The number of hydrogen-bond acceptors (Lipinski definition) is 4. The Morgan fingerprint density at radius 2 is 2.00 bits per heavy atom. The van der Waals surface area contributed by atoms with Gasteiger partial charge >= 0.3 is 0 Å². The first-order valence-electron chi connectivity index (χ1n) is 6.49. The molecule has 1 amide bonds. The topological polar surface area (TPSA) is 33.5 Å². The van der Waals surface area contributed by atoms with Gasteiger partial charge in [0.2, 0.25) is 0 Å². The Hall–Kier alpha value is -1.85. The fourth-order valence-electron chi connectivity index (χ4n) is 2.06. The lowest BCUT2D eigenvalue weighted by molar-refractivity contribution is -0.122. The molecule has 0 unspecified atom stereocenters. The molecular weight excluding hydrogens is 302 g/mol. The summed E-state index contributed by atoms with van der Waals surface area (Å²) in [6.07, 6.45) is 1.75. The van der Waals surface area contributed by atoms with Crippen molar-refractivity contribution in [3.05, 3.63) is 64.5 Å². The molecule has 0 atom stereocenters. The van der Waals surface area contributed by atoms with E-state index in [1.165, 1.54) is 11.8 Å². The number of carbonyl (C=O) groups is 1. The van der Waals surface area contributed by atoms with Crippen LogP contribution in [0, 0.1) is 6.92 Å². The number of benzene rings is 1. The molecule has 1 aromatic heterocycles. The first kappa shape index (κ1) is 14.1. The quantitative estimate of drug-likeness (QED) is 0.633. The van der Waals surface area contributed by atoms with E-state index in [0.717, 1.165) is 11.3 Å². The fourth-order valence-corrected chi connectivity index (χ4v) is 3.30. The van der Waals surface area contributed by atoms with Crippen LogP contribution >= 0.6 is 24.0 Å². The van der Waals surface area contributed by atoms with Crippen LogP contribution in [0.2, 0.25) is 0 Å². The van der Waals surface area contributed by atoms with Crippen molar-refractivity contribution in [2.24, 2.45) is 0 Å². The molecule has 0 spiro atoms. The normalized spacial score (nSPS) is 17.0. The van der Waals surface area contributed by atoms with Crippen LogP contribution in [0.1, 0.15) is 17.1 Å². The highest BCUT2D eigenvalue weighted by atomic mass is 32.2. The van der Waals surface area contributed by atoms with E-state index in [1.807, 2.05) is 49.4 Å². The number of rotatable bonds is 3. The lowest BCUT2D eigenvalue weighted by Gasteiger charge is -2.14. The zero-order valence-corrected chi connectivity index (χ0v) is 13.0. The van der Waals surface area contributed by atoms with Gasteiger partial charge in [0.05, 0.1) is 11.4 Å². The molecular formula is C16H13NO2S2. The molecule has 106 valence electrons. The second-order valence-corrected chi connectivity index (χ2v) is 6.38. The van der Waals surface area contributed by atoms with Crippen molar-refractivity contribution >= 4 is 40.3 Å². The molecule has 1 aliphatic heterocycles. The Morgan fingerprint density at radius 3 is 2.67 bits per heavy atom. The number of aryl methyl sites for hydroxylation is 1. The maximum absolute atomic E-state index is 12.4. The average molecular weight is 315 g/mol. The van der Waals surface area contributed by atoms with Crippen LogP contribution in [0.15, 0.2) is 51.8 Å². The molecule has 3 nitrogen and oxygen atoms in total. The molecule has 0 bridgehead atoms. The highest BCUT2D eigenvalue weighted by Crippen LogP contribution is 2.33. The van der Waals surface area contributed by atoms with Crippen molar-refractivity contribution in [1.29, 1.82) is 0 Å². The summed E-state index contributed by atoms with van der Waals surface area (Å²) in [5.74, 6) is 1.43. The van der Waals surface area contributed by atoms with E-state index in [0.29, 0.717) is 21.5 Å². The zero-order valence-electron chi connectivity index (χ0n) is 11.4. The summed E-state index contributed by atoms with van der Waals surface area (Å²) in [5, 5.41) is 0. The average Bonchev–Trinajstić information content (AvgIpc) is 2.99. The van der Waals surface area contributed by atoms with Crippen LogP contribution in [0.3, 0.4) is 0 Å². The van der Waals surface area contributed by atoms with E-state index in [4.69, 9.17) is 16.6 Å². The SMILES string of the molecule is Cc1ccc(/C=C2/SC(=S)N(Cc3ccccc3)C2=O)o1. The third kappa shape index (κ3) is 3.09. The summed E-state index contributed by atoms with van der Waals surface area (Å²) in [7, 11) is 0. The minimum atomic E-state index is -0.0668. The largest absolute Gasteiger partial charge is 0.462 e. The van der Waals surface area contributed by atoms with Crippen LogP contribution < -0.4 is 0 Å². The minimum Gasteiger partial charge on any atom is -0.462 e. The summed E-state index contributed by atoms with van der Waals surface area (Å²) in [5.41, 5.74) is 1.06. The third-order valence-electron chi connectivity index (χ3n) is 3.09. The van der Waals surface area contributed by atoms with E-state index in [9.17, 15) is 4.79 Å². The summed E-state index contributed by atoms with van der Waals surface area (Å²) < 4.78 is 6.06. The zero-order chi connectivity index (χ0) is 14.8. The third-order valence-corrected chi connectivity index (χ3v) is 4.47. The predicted molar refractivity (Wildman–Crippen MR) is 88.6 cm³/mol. The number of hydrogen-bond donors (Lipinski definition) is 0. The lowest BCUT2D eigenvalue weighted by atomic mass is 10.2. The molecule has 1 aliphatic rings. The van der Waals surface area contributed by atoms with Gasteiger partial charge in [0, 0.05) is 6.08 Å². The van der Waals surface area contributed by atoms with E-state index in [-0.39, 0.29) is 5.91 Å². The van der Waals surface area contributed by atoms with E-state index >= 15 is 0 Å². The van der Waals surface area contributed by atoms with Gasteiger partial charge in [0.1, 0.15) is 15.8 Å². The van der Waals surface area contributed by atoms with Crippen molar-refractivity contribution < 1.29 is 9.21 Å². The molecule has 1 fully saturated rings. The Kier molecular flexibility index (Phi) is 3.94. The summed E-state index contributed by atoms with van der Waals surface area (Å²) in [4.78, 5) is 14.7. The molecule has 0 saturated carbocycles. The number of carbonyl (C=O) groups excluding carboxylic acids is 1. The Labute approximate surface area is 132 Å². The fraction of sp³-hybridized carbons (Fsp3) is 0.125. The van der Waals surface area contributed by atoms with Crippen molar-refractivity contribution in [1.82, 2.24) is 4.90 Å². The number of thioether (sulfide) groups is 1. The summed E-state index contributed by atoms with van der Waals surface area (Å²) >= 11 is 6.63. The monoisotopic (exact) mass is 315 g/mol. The molecule has 0 N–H and O–H groups in total. The number of amides is 1. The Balaban J connectivity index is 1.81. The van der Waals surface area contributed by atoms with Crippen molar-refractivity contribution in [3.8, 4) is 0 Å². The van der Waals surface area contributed by atoms with Crippen LogP contribution in [0.5, 0.6) is 0 Å². The lowest BCUT2D eigenvalue weighted by Crippen LogP contribution is -2.27. The molecule has 2 aromatic rings. The Morgan fingerprint density at radius 1 is 1.24 bits per heavy atom. The molecule has 21 heavy (non-hydrogen) atoms. The van der Waals surface area contributed by atoms with Gasteiger partial charge in [-0.25, -0.2) is 0 Å². The smallest absolute Gasteiger partial charge is 0.266 e. The van der Waals surface area contributed by atoms with E-state index in [2.05, 4.69) is 0 Å². The number of furan rings is 1. The van der Waals surface area contributed by atoms with Gasteiger partial charge in [-0.2, -0.15) is 0 Å². The van der Waals surface area contributed by atoms with Gasteiger partial charge in [-0.05, 0) is 24.6 Å². The van der Waals surface area contributed by atoms with Crippen molar-refractivity contribution in [2.75, 3.05) is 0 Å². The first-order chi connectivity index (χ1) is 10.1. The van der Waals surface area contributed by atoms with E-state index < -0.39 is 0 Å². The standard InChI is InChI=1S/C16H13NO2S2/c1-11-7-8-13(19-11)9-14-15(18)17(16(20)21-14)10-12-5-3-2-4-6-12/h2-9H,10H2,1H3/b14-9+. The highest BCUT2D eigenvalue weighted by molar-refractivity contribution is 8.26. The molecule has 0 aliphatic carbocycles. The summed E-state index contributed by atoms with van der Waals surface area (Å²) in [6, 6.07) is 13.5. The maximum atomic E-state index is 12.4. The Bertz CT molecular complexity index is 719. The number of thiocarbonyl (C=S) groups is 1. The predicted octanol–water partition coefficient (Wildman–Crippen LogP) is 3.99. The summed E-state index contributed by atoms with van der Waals surface area (Å²) in [6.45, 7) is 2.37. The van der Waals surface area contributed by atoms with Gasteiger partial charge in [0.25, 0.3) is 5.91 Å². The second kappa shape index (κ2) is 5.87. The molecule has 1 aromatic carbocycles. The van der Waals surface area contributed by atoms with Gasteiger partial charge in [-0.15, -0.1) is 0 Å². The van der Waals surface area contributed by atoms with Crippen LogP contribution in [-0.4, -0.2) is 15.1 Å². The van der Waals surface area contributed by atoms with Crippen molar-refractivity contribution in [2.45, 2.75) is 13.5 Å². The highest BCUT2D eigenvalue weighted by Gasteiger charge is 2.32. The molecule has 2 heterocycles. The van der Waals surface area contributed by atoms with Crippen LogP contribution in [-0.2, 0) is 11.3 Å². The molecule has 3 rings (SSSR count). The second-order valence-electron chi connectivity index (χ2n) is 4.70. The molecule has 1 saturated heterocycles. The minimum absolute atomic E-state index is 0.0668. The van der Waals surface area contributed by atoms with Gasteiger partial charge in [-0.3, -0.25) is 9.69 Å². The number of nitrogens with zero attached hydrogens (tertiary/aromatic N) is 1. The molecule has 0 radical (unpaired) electrons. The molecule has 5 heteroatoms. The van der Waals surface area contributed by atoms with Crippen LogP contribution in [0.25, 0.3) is 6.08 Å². The van der Waals surface area contributed by atoms with E-state index in [1.54, 1.807) is 11.0 Å². The first-order valence-corrected chi connectivity index (χ1v) is 7.72. The maximum Gasteiger partial charge on any atom is 0.266 e.